The van der Waals surface area contributed by atoms with E-state index in [9.17, 15) is 0 Å². The lowest BCUT2D eigenvalue weighted by Gasteiger charge is -1.78. The molecular formula is C5H7NO. The lowest BCUT2D eigenvalue weighted by Crippen LogP contribution is -1.64. The van der Waals surface area contributed by atoms with Crippen molar-refractivity contribution in [3.63, 3.8) is 0 Å². The predicted octanol–water partition coefficient (Wildman–Crippen LogP) is 1.32. The van der Waals surface area contributed by atoms with E-state index in [-0.39, 0.29) is 0 Å². The first-order valence-electron chi connectivity index (χ1n) is 1.83. The van der Waals surface area contributed by atoms with Crippen molar-refractivity contribution in [3.8, 4) is 0 Å². The summed E-state index contributed by atoms with van der Waals surface area (Å²) in [6, 6.07) is 0. The van der Waals surface area contributed by atoms with Gasteiger partial charge in [-0.05, 0) is 6.08 Å². The van der Waals surface area contributed by atoms with Crippen LogP contribution in [0.3, 0.4) is 0 Å². The van der Waals surface area contributed by atoms with Crippen LogP contribution in [0.25, 0.3) is 0 Å². The third-order valence-corrected chi connectivity index (χ3v) is 0.302. The second kappa shape index (κ2) is 4.95. The summed E-state index contributed by atoms with van der Waals surface area (Å²) in [7, 11) is 0. The van der Waals surface area contributed by atoms with Gasteiger partial charge < -0.3 is 4.84 Å². The molecule has 0 aromatic heterocycles. The number of rotatable bonds is 3. The van der Waals surface area contributed by atoms with Gasteiger partial charge in [-0.1, -0.05) is 18.3 Å². The minimum absolute atomic E-state index is 1.24. The molecule has 7 heavy (non-hydrogen) atoms. The maximum atomic E-state index is 4.34. The molecule has 38 valence electrons. The molecule has 0 aliphatic heterocycles. The molecule has 0 aliphatic carbocycles. The molecule has 2 heteroatoms. The summed E-state index contributed by atoms with van der Waals surface area (Å²) in [6.07, 6.45) is 4.19. The van der Waals surface area contributed by atoms with Crippen LogP contribution in [0.5, 0.6) is 0 Å². The zero-order valence-electron chi connectivity index (χ0n) is 4.00. The Kier molecular flexibility index (Phi) is 4.21. The summed E-state index contributed by atoms with van der Waals surface area (Å²) in [5.41, 5.74) is 0. The molecule has 0 aromatic carbocycles. The molecule has 0 saturated heterocycles. The topological polar surface area (TPSA) is 21.6 Å². The lowest BCUT2D eigenvalue weighted by atomic mass is 10.7. The SMILES string of the molecule is C=CC=NOC=C. The monoisotopic (exact) mass is 97.1 g/mol. The Morgan fingerprint density at radius 2 is 2.14 bits per heavy atom. The normalized spacial score (nSPS) is 8.57. The molecule has 0 aliphatic rings. The maximum absolute atomic E-state index is 4.34. The molecule has 0 atom stereocenters. The van der Waals surface area contributed by atoms with E-state index in [2.05, 4.69) is 23.2 Å². The van der Waals surface area contributed by atoms with Crippen molar-refractivity contribution in [2.75, 3.05) is 0 Å². The lowest BCUT2D eigenvalue weighted by molar-refractivity contribution is 0.272. The minimum Gasteiger partial charge on any atom is -0.365 e. The summed E-state index contributed by atoms with van der Waals surface area (Å²) in [6.45, 7) is 6.63. The summed E-state index contributed by atoms with van der Waals surface area (Å²) in [5, 5.41) is 3.35. The van der Waals surface area contributed by atoms with Gasteiger partial charge in [-0.15, -0.1) is 0 Å². The first-order chi connectivity index (χ1) is 3.41. The fraction of sp³-hybridized carbons (Fsp3) is 0. The molecule has 0 N–H and O–H groups in total. The standard InChI is InChI=1S/C5H7NO/c1-3-5-6-7-4-2/h3-5H,1-2H2. The molecular weight excluding hydrogens is 90.1 g/mol. The Morgan fingerprint density at radius 1 is 1.43 bits per heavy atom. The third-order valence-electron chi connectivity index (χ3n) is 0.302. The van der Waals surface area contributed by atoms with Gasteiger partial charge in [0.05, 0.1) is 6.21 Å². The first kappa shape index (κ1) is 5.95. The molecule has 0 rings (SSSR count). The van der Waals surface area contributed by atoms with Crippen molar-refractivity contribution in [1.29, 1.82) is 0 Å². The number of nitrogens with zero attached hydrogens (tertiary/aromatic N) is 1. The second-order valence-corrected chi connectivity index (χ2v) is 0.762. The van der Waals surface area contributed by atoms with Crippen LogP contribution in [0.4, 0.5) is 0 Å². The minimum atomic E-state index is 1.24. The van der Waals surface area contributed by atoms with Crippen LogP contribution in [0.2, 0.25) is 0 Å². The van der Waals surface area contributed by atoms with E-state index >= 15 is 0 Å². The van der Waals surface area contributed by atoms with E-state index < -0.39 is 0 Å². The van der Waals surface area contributed by atoms with Crippen molar-refractivity contribution in [1.82, 2.24) is 0 Å². The second-order valence-electron chi connectivity index (χ2n) is 0.762. The largest absolute Gasteiger partial charge is 0.365 e. The average molecular weight is 97.1 g/mol. The van der Waals surface area contributed by atoms with Crippen molar-refractivity contribution in [2.45, 2.75) is 0 Å². The number of hydrogen-bond donors (Lipinski definition) is 0. The molecule has 0 amide bonds. The van der Waals surface area contributed by atoms with E-state index in [1.165, 1.54) is 18.6 Å². The quantitative estimate of drug-likeness (QED) is 0.295. The molecule has 0 spiro atoms. The molecule has 0 heterocycles. The number of allylic oxidation sites excluding steroid dienone is 1. The molecule has 0 aromatic rings. The van der Waals surface area contributed by atoms with Crippen LogP contribution in [0.15, 0.2) is 30.7 Å². The summed E-state index contributed by atoms with van der Waals surface area (Å²) < 4.78 is 0. The highest BCUT2D eigenvalue weighted by Gasteiger charge is 1.56. The van der Waals surface area contributed by atoms with Gasteiger partial charge in [0.15, 0.2) is 0 Å². The van der Waals surface area contributed by atoms with Gasteiger partial charge in [0.2, 0.25) is 0 Å². The van der Waals surface area contributed by atoms with Crippen LogP contribution in [-0.2, 0) is 4.84 Å². The van der Waals surface area contributed by atoms with Crippen molar-refractivity contribution >= 4 is 6.21 Å². The number of hydrogen-bond acceptors (Lipinski definition) is 2. The Balaban J connectivity index is 3.08. The summed E-state index contributed by atoms with van der Waals surface area (Å²) in [4.78, 5) is 4.34. The van der Waals surface area contributed by atoms with Crippen molar-refractivity contribution < 1.29 is 4.84 Å². The highest BCUT2D eigenvalue weighted by Crippen LogP contribution is 1.69. The van der Waals surface area contributed by atoms with Gasteiger partial charge in [-0.25, -0.2) is 0 Å². The molecule has 0 fully saturated rings. The van der Waals surface area contributed by atoms with Crippen LogP contribution in [-0.4, -0.2) is 6.21 Å². The van der Waals surface area contributed by atoms with Crippen LogP contribution in [0, 0.1) is 0 Å². The smallest absolute Gasteiger partial charge is 0.114 e. The van der Waals surface area contributed by atoms with Gasteiger partial charge in [0.1, 0.15) is 6.26 Å². The van der Waals surface area contributed by atoms with Crippen LogP contribution < -0.4 is 0 Å². The fourth-order valence-electron chi connectivity index (χ4n) is 0.121. The fourth-order valence-corrected chi connectivity index (χ4v) is 0.121. The average Bonchev–Trinajstić information content (AvgIpc) is 1.69. The molecule has 0 unspecified atom stereocenters. The number of oxime groups is 1. The highest BCUT2D eigenvalue weighted by molar-refractivity contribution is 5.69. The van der Waals surface area contributed by atoms with Gasteiger partial charge in [-0.3, -0.25) is 0 Å². The van der Waals surface area contributed by atoms with Crippen LogP contribution in [0.1, 0.15) is 0 Å². The molecule has 2 nitrogen and oxygen atoms in total. The Morgan fingerprint density at radius 3 is 2.57 bits per heavy atom. The Labute approximate surface area is 42.8 Å². The van der Waals surface area contributed by atoms with Gasteiger partial charge in [0, 0.05) is 0 Å². The van der Waals surface area contributed by atoms with E-state index in [4.69, 9.17) is 0 Å². The Bertz CT molecular complexity index is 86.1. The van der Waals surface area contributed by atoms with Crippen molar-refractivity contribution in [3.05, 3.63) is 25.5 Å². The van der Waals surface area contributed by atoms with E-state index in [1.807, 2.05) is 0 Å². The van der Waals surface area contributed by atoms with Gasteiger partial charge in [0.25, 0.3) is 0 Å². The van der Waals surface area contributed by atoms with Crippen molar-refractivity contribution in [2.24, 2.45) is 5.16 Å². The van der Waals surface area contributed by atoms with E-state index in [0.717, 1.165) is 0 Å². The predicted molar refractivity (Wildman–Crippen MR) is 30.0 cm³/mol. The zero-order chi connectivity index (χ0) is 5.54. The van der Waals surface area contributed by atoms with Gasteiger partial charge in [-0.2, -0.15) is 0 Å². The highest BCUT2D eigenvalue weighted by atomic mass is 16.6. The van der Waals surface area contributed by atoms with Crippen LogP contribution >= 0.6 is 0 Å². The van der Waals surface area contributed by atoms with E-state index in [0.29, 0.717) is 0 Å². The third kappa shape index (κ3) is 4.95. The summed E-state index contributed by atoms with van der Waals surface area (Å²) >= 11 is 0. The Hall–Kier alpha value is -1.05. The maximum Gasteiger partial charge on any atom is 0.114 e. The molecule has 0 radical (unpaired) electrons. The first-order valence-corrected chi connectivity index (χ1v) is 1.83. The van der Waals surface area contributed by atoms with E-state index in [1.54, 1.807) is 0 Å². The zero-order valence-corrected chi connectivity index (χ0v) is 4.00. The van der Waals surface area contributed by atoms with Gasteiger partial charge >= 0.3 is 0 Å². The summed E-state index contributed by atoms with van der Waals surface area (Å²) in [5.74, 6) is 0. The molecule has 0 saturated carbocycles. The molecule has 0 bridgehead atoms.